The summed E-state index contributed by atoms with van der Waals surface area (Å²) in [5, 5.41) is -0.138. The summed E-state index contributed by atoms with van der Waals surface area (Å²) in [6, 6.07) is 8.43. The molecule has 0 aromatic heterocycles. The largest absolute Gasteiger partial charge is 0.303 e. The lowest BCUT2D eigenvalue weighted by atomic mass is 10.0. The van der Waals surface area contributed by atoms with E-state index in [1.807, 2.05) is 29.2 Å². The van der Waals surface area contributed by atoms with E-state index in [0.717, 1.165) is 38.0 Å². The Balaban J connectivity index is 1.79. The predicted octanol–water partition coefficient (Wildman–Crippen LogP) is 4.15. The molecule has 1 heterocycles. The highest BCUT2D eigenvalue weighted by Gasteiger charge is 2.31. The minimum Gasteiger partial charge on any atom is -0.303 e. The van der Waals surface area contributed by atoms with Crippen molar-refractivity contribution in [1.29, 1.82) is 0 Å². The highest BCUT2D eigenvalue weighted by atomic mass is 32.1. The highest BCUT2D eigenvalue weighted by molar-refractivity contribution is 7.96. The summed E-state index contributed by atoms with van der Waals surface area (Å²) >= 11 is 4.06. The van der Waals surface area contributed by atoms with Gasteiger partial charge in [-0.25, -0.2) is 0 Å². The van der Waals surface area contributed by atoms with Crippen LogP contribution in [0.2, 0.25) is 0 Å². The quantitative estimate of drug-likeness (QED) is 0.442. The van der Waals surface area contributed by atoms with Crippen molar-refractivity contribution in [3.05, 3.63) is 42.5 Å². The first-order valence-corrected chi connectivity index (χ1v) is 8.47. The number of thiol groups is 1. The smallest absolute Gasteiger partial charge is 0.283 e. The number of rotatable bonds is 8. The maximum absolute atomic E-state index is 11.8. The fraction of sp³-hybridized carbons (Fsp3) is 0.500. The van der Waals surface area contributed by atoms with E-state index in [0.29, 0.717) is 0 Å². The minimum atomic E-state index is -0.138. The molecule has 1 aromatic carbocycles. The number of unbranched alkanes of at least 4 members (excludes halogenated alkanes) is 2. The molecule has 1 aliphatic rings. The summed E-state index contributed by atoms with van der Waals surface area (Å²) < 4.78 is 0. The van der Waals surface area contributed by atoms with Crippen molar-refractivity contribution < 1.29 is 4.79 Å². The molecule has 0 bridgehead atoms. The van der Waals surface area contributed by atoms with Crippen LogP contribution in [0.15, 0.2) is 36.9 Å². The summed E-state index contributed by atoms with van der Waals surface area (Å²) in [7, 11) is 2.12. The molecule has 0 spiro atoms. The Morgan fingerprint density at radius 3 is 2.91 bits per heavy atom. The molecule has 0 fully saturated rings. The second kappa shape index (κ2) is 8.39. The SMILES string of the molecule is C=CCN(C)CCCCCC1Cc2ccccc2N1C(=O)S. The van der Waals surface area contributed by atoms with Crippen molar-refractivity contribution in [3.8, 4) is 0 Å². The fourth-order valence-electron chi connectivity index (χ4n) is 3.20. The number of amides is 1. The van der Waals surface area contributed by atoms with E-state index < -0.39 is 0 Å². The van der Waals surface area contributed by atoms with Gasteiger partial charge in [-0.2, -0.15) is 0 Å². The Labute approximate surface area is 139 Å². The Bertz CT molecular complexity index is 518. The number of anilines is 1. The molecule has 2 rings (SSSR count). The molecule has 0 saturated carbocycles. The molecule has 0 radical (unpaired) electrons. The van der Waals surface area contributed by atoms with Gasteiger partial charge in [-0.3, -0.25) is 9.69 Å². The van der Waals surface area contributed by atoms with Crippen molar-refractivity contribution in [2.24, 2.45) is 0 Å². The predicted molar refractivity (Wildman–Crippen MR) is 97.0 cm³/mol. The number of likely N-dealkylation sites (N-methyl/N-ethyl adjacent to an activating group) is 1. The number of benzene rings is 1. The van der Waals surface area contributed by atoms with Gasteiger partial charge >= 0.3 is 0 Å². The van der Waals surface area contributed by atoms with Crippen molar-refractivity contribution in [2.75, 3.05) is 25.0 Å². The van der Waals surface area contributed by atoms with E-state index in [9.17, 15) is 4.79 Å². The van der Waals surface area contributed by atoms with Gasteiger partial charge in [0.05, 0.1) is 0 Å². The molecule has 22 heavy (non-hydrogen) atoms. The van der Waals surface area contributed by atoms with Crippen molar-refractivity contribution >= 4 is 23.6 Å². The number of nitrogens with zero attached hydrogens (tertiary/aromatic N) is 2. The maximum Gasteiger partial charge on any atom is 0.283 e. The molecule has 1 amide bonds. The lowest BCUT2D eigenvalue weighted by Crippen LogP contribution is -2.34. The topological polar surface area (TPSA) is 23.6 Å². The second-order valence-corrected chi connectivity index (χ2v) is 6.42. The Kier molecular flexibility index (Phi) is 6.52. The van der Waals surface area contributed by atoms with E-state index in [1.165, 1.54) is 18.4 Å². The van der Waals surface area contributed by atoms with E-state index in [2.05, 4.69) is 37.2 Å². The molecule has 0 N–H and O–H groups in total. The van der Waals surface area contributed by atoms with Crippen LogP contribution in [0.1, 0.15) is 31.2 Å². The zero-order valence-electron chi connectivity index (χ0n) is 13.4. The molecule has 0 saturated heterocycles. The van der Waals surface area contributed by atoms with E-state index in [1.54, 1.807) is 0 Å². The summed E-state index contributed by atoms with van der Waals surface area (Å²) in [6.45, 7) is 5.80. The first-order chi connectivity index (χ1) is 10.6. The Morgan fingerprint density at radius 2 is 2.18 bits per heavy atom. The van der Waals surface area contributed by atoms with Crippen LogP contribution in [0.25, 0.3) is 0 Å². The molecule has 1 atom stereocenters. The summed E-state index contributed by atoms with van der Waals surface area (Å²) in [4.78, 5) is 16.0. The van der Waals surface area contributed by atoms with Crippen LogP contribution in [-0.4, -0.2) is 36.3 Å². The van der Waals surface area contributed by atoms with Gasteiger partial charge in [0, 0.05) is 18.3 Å². The third kappa shape index (κ3) is 4.37. The number of hydrogen-bond donors (Lipinski definition) is 1. The molecule has 4 heteroatoms. The van der Waals surface area contributed by atoms with Crippen LogP contribution in [-0.2, 0) is 6.42 Å². The number of para-hydroxylation sites is 1. The van der Waals surface area contributed by atoms with Gasteiger partial charge < -0.3 is 4.90 Å². The maximum atomic E-state index is 11.8. The fourth-order valence-corrected chi connectivity index (χ4v) is 3.47. The summed E-state index contributed by atoms with van der Waals surface area (Å²) in [5.74, 6) is 0. The molecule has 1 unspecified atom stereocenters. The van der Waals surface area contributed by atoms with Crippen LogP contribution in [0.4, 0.5) is 10.5 Å². The first-order valence-electron chi connectivity index (χ1n) is 8.03. The molecule has 1 aliphatic heterocycles. The molecular formula is C18H26N2OS. The average molecular weight is 318 g/mol. The monoisotopic (exact) mass is 318 g/mol. The van der Waals surface area contributed by atoms with Gasteiger partial charge in [0.25, 0.3) is 5.24 Å². The molecule has 1 aromatic rings. The normalized spacial score (nSPS) is 16.9. The molecular weight excluding hydrogens is 292 g/mol. The Morgan fingerprint density at radius 1 is 1.41 bits per heavy atom. The van der Waals surface area contributed by atoms with Gasteiger partial charge in [0.15, 0.2) is 0 Å². The van der Waals surface area contributed by atoms with Crippen molar-refractivity contribution in [1.82, 2.24) is 4.90 Å². The van der Waals surface area contributed by atoms with E-state index >= 15 is 0 Å². The lowest BCUT2D eigenvalue weighted by molar-refractivity contribution is 0.263. The van der Waals surface area contributed by atoms with Crippen LogP contribution < -0.4 is 4.90 Å². The number of hydrogen-bond acceptors (Lipinski definition) is 2. The van der Waals surface area contributed by atoms with E-state index in [-0.39, 0.29) is 11.3 Å². The standard InChI is InChI=1S/C18H26N2OS/c1-3-12-19(2)13-8-4-5-10-16-14-15-9-6-7-11-17(15)20(16)18(21)22/h3,6-7,9,11,16H,1,4-5,8,10,12-14H2,2H3,(H,21,22). The summed E-state index contributed by atoms with van der Waals surface area (Å²) in [6.07, 6.45) is 7.48. The molecule has 3 nitrogen and oxygen atoms in total. The molecule has 0 aliphatic carbocycles. The van der Waals surface area contributed by atoms with Gasteiger partial charge in [0.1, 0.15) is 0 Å². The first kappa shape index (κ1) is 17.1. The number of carbonyl (C=O) groups is 1. The minimum absolute atomic E-state index is 0.138. The van der Waals surface area contributed by atoms with Crippen LogP contribution in [0.5, 0.6) is 0 Å². The third-order valence-corrected chi connectivity index (χ3v) is 4.51. The van der Waals surface area contributed by atoms with Crippen LogP contribution in [0, 0.1) is 0 Å². The third-order valence-electron chi connectivity index (χ3n) is 4.30. The number of fused-ring (bicyclic) bond motifs is 1. The van der Waals surface area contributed by atoms with Gasteiger partial charge in [0.2, 0.25) is 0 Å². The average Bonchev–Trinajstić information content (AvgIpc) is 2.85. The molecule has 120 valence electrons. The summed E-state index contributed by atoms with van der Waals surface area (Å²) in [5.41, 5.74) is 2.30. The Hall–Kier alpha value is -1.26. The van der Waals surface area contributed by atoms with Crippen molar-refractivity contribution in [3.63, 3.8) is 0 Å². The zero-order chi connectivity index (χ0) is 15.9. The van der Waals surface area contributed by atoms with Crippen LogP contribution >= 0.6 is 12.6 Å². The van der Waals surface area contributed by atoms with Gasteiger partial charge in [-0.1, -0.05) is 49.7 Å². The van der Waals surface area contributed by atoms with E-state index in [4.69, 9.17) is 0 Å². The van der Waals surface area contributed by atoms with Gasteiger partial charge in [-0.05, 0) is 44.5 Å². The highest BCUT2D eigenvalue weighted by Crippen LogP contribution is 2.34. The van der Waals surface area contributed by atoms with Gasteiger partial charge in [-0.15, -0.1) is 6.58 Å². The zero-order valence-corrected chi connectivity index (χ0v) is 14.3. The van der Waals surface area contributed by atoms with Crippen molar-refractivity contribution in [2.45, 2.75) is 38.1 Å². The van der Waals surface area contributed by atoms with Crippen LogP contribution in [0.3, 0.4) is 0 Å². The second-order valence-electron chi connectivity index (χ2n) is 6.04. The lowest BCUT2D eigenvalue weighted by Gasteiger charge is -2.23. The number of carbonyl (C=O) groups excluding carboxylic acids is 1.